The molecule has 0 saturated carbocycles. The summed E-state index contributed by atoms with van der Waals surface area (Å²) in [4.78, 5) is 20.2. The Balaban J connectivity index is 1.31. The van der Waals surface area contributed by atoms with E-state index >= 15 is 0 Å². The number of aromatic nitrogens is 1. The van der Waals surface area contributed by atoms with Crippen LogP contribution in [-0.2, 0) is 11.2 Å². The maximum Gasteiger partial charge on any atom is 0.337 e. The van der Waals surface area contributed by atoms with Gasteiger partial charge in [0.1, 0.15) is 0 Å². The molecule has 1 saturated heterocycles. The largest absolute Gasteiger partial charge is 0.478 e. The molecule has 0 aliphatic carbocycles. The minimum Gasteiger partial charge on any atom is -0.478 e. The van der Waals surface area contributed by atoms with Crippen molar-refractivity contribution < 1.29 is 14.6 Å². The molecule has 2 aliphatic rings. The molecule has 36 heavy (non-hydrogen) atoms. The molecule has 1 aromatic heterocycles. The standard InChI is InChI=1S/C29H34N4O3/c1-32-14-10-22-17-24(33(2)23-5-3-20(4-6-23)21-11-15-36-16-12-21)7-8-25(22)28(32)19-31-27-18-30-13-9-26(27)29(34)35/h3-9,13,17-18,21,28,31H,10-12,14-16,19H2,1-2H3,(H,34,35)/t28-/m0/s1. The molecular formula is C29H34N4O3. The highest BCUT2D eigenvalue weighted by molar-refractivity contribution is 5.93. The van der Waals surface area contributed by atoms with Crippen LogP contribution >= 0.6 is 0 Å². The predicted octanol–water partition coefficient (Wildman–Crippen LogP) is 5.08. The van der Waals surface area contributed by atoms with Crippen LogP contribution in [0.2, 0.25) is 0 Å². The number of hydrogen-bond acceptors (Lipinski definition) is 6. The van der Waals surface area contributed by atoms with E-state index in [0.29, 0.717) is 18.2 Å². The van der Waals surface area contributed by atoms with E-state index in [1.165, 1.54) is 40.3 Å². The normalized spacial score (nSPS) is 18.4. The molecule has 0 spiro atoms. The van der Waals surface area contributed by atoms with Crippen molar-refractivity contribution in [3.8, 4) is 0 Å². The Bertz CT molecular complexity index is 1210. The molecule has 2 aromatic carbocycles. The fourth-order valence-electron chi connectivity index (χ4n) is 5.38. The summed E-state index contributed by atoms with van der Waals surface area (Å²) in [5.74, 6) is -0.353. The third kappa shape index (κ3) is 5.08. The summed E-state index contributed by atoms with van der Waals surface area (Å²) < 4.78 is 5.51. The fourth-order valence-corrected chi connectivity index (χ4v) is 5.38. The number of pyridine rings is 1. The maximum atomic E-state index is 11.6. The van der Waals surface area contributed by atoms with Crippen LogP contribution in [0.4, 0.5) is 17.1 Å². The minimum absolute atomic E-state index is 0.147. The molecule has 0 amide bonds. The zero-order chi connectivity index (χ0) is 25.1. The molecule has 7 nitrogen and oxygen atoms in total. The van der Waals surface area contributed by atoms with Crippen molar-refractivity contribution >= 4 is 23.0 Å². The van der Waals surface area contributed by atoms with Gasteiger partial charge in [-0.15, -0.1) is 0 Å². The second-order valence-corrected chi connectivity index (χ2v) is 9.77. The van der Waals surface area contributed by atoms with Gasteiger partial charge in [-0.1, -0.05) is 18.2 Å². The molecule has 7 heteroatoms. The Hall–Kier alpha value is -3.42. The average Bonchev–Trinajstić information content (AvgIpc) is 2.92. The van der Waals surface area contributed by atoms with E-state index in [2.05, 4.69) is 76.7 Å². The van der Waals surface area contributed by atoms with Gasteiger partial charge in [0.2, 0.25) is 0 Å². The zero-order valence-corrected chi connectivity index (χ0v) is 21.0. The Kier molecular flexibility index (Phi) is 7.20. The first-order chi connectivity index (χ1) is 17.5. The second-order valence-electron chi connectivity index (χ2n) is 9.77. The van der Waals surface area contributed by atoms with E-state index in [1.807, 2.05) is 0 Å². The molecule has 2 N–H and O–H groups in total. The van der Waals surface area contributed by atoms with Crippen LogP contribution in [0.5, 0.6) is 0 Å². The van der Waals surface area contributed by atoms with Crippen LogP contribution in [0.15, 0.2) is 60.9 Å². The van der Waals surface area contributed by atoms with Gasteiger partial charge in [0.25, 0.3) is 0 Å². The van der Waals surface area contributed by atoms with Crippen molar-refractivity contribution in [2.75, 3.05) is 50.6 Å². The number of rotatable bonds is 7. The van der Waals surface area contributed by atoms with Gasteiger partial charge in [-0.25, -0.2) is 4.79 Å². The van der Waals surface area contributed by atoms with Crippen LogP contribution in [0.25, 0.3) is 0 Å². The van der Waals surface area contributed by atoms with Gasteiger partial charge < -0.3 is 20.1 Å². The summed E-state index contributed by atoms with van der Waals surface area (Å²) in [6.07, 6.45) is 6.28. The van der Waals surface area contributed by atoms with Gasteiger partial charge >= 0.3 is 5.97 Å². The van der Waals surface area contributed by atoms with Gasteiger partial charge in [0.05, 0.1) is 23.5 Å². The number of likely N-dealkylation sites (N-methyl/N-ethyl adjacent to an activating group) is 1. The van der Waals surface area contributed by atoms with Gasteiger partial charge in [0, 0.05) is 50.9 Å². The van der Waals surface area contributed by atoms with Gasteiger partial charge in [-0.2, -0.15) is 0 Å². The highest BCUT2D eigenvalue weighted by Gasteiger charge is 2.26. The number of anilines is 3. The van der Waals surface area contributed by atoms with Gasteiger partial charge in [-0.05, 0) is 79.3 Å². The van der Waals surface area contributed by atoms with E-state index in [-0.39, 0.29) is 11.6 Å². The van der Waals surface area contributed by atoms with Crippen LogP contribution in [-0.4, -0.2) is 61.4 Å². The van der Waals surface area contributed by atoms with Crippen LogP contribution in [0.1, 0.15) is 51.8 Å². The Morgan fingerprint density at radius 3 is 2.64 bits per heavy atom. The second kappa shape index (κ2) is 10.7. The first-order valence-corrected chi connectivity index (χ1v) is 12.7. The van der Waals surface area contributed by atoms with Crippen LogP contribution < -0.4 is 10.2 Å². The number of carbonyl (C=O) groups is 1. The Labute approximate surface area is 212 Å². The molecule has 0 unspecified atom stereocenters. The number of benzene rings is 2. The van der Waals surface area contributed by atoms with E-state index in [0.717, 1.165) is 39.0 Å². The smallest absolute Gasteiger partial charge is 0.337 e. The lowest BCUT2D eigenvalue weighted by molar-refractivity contribution is 0.0697. The van der Waals surface area contributed by atoms with Crippen LogP contribution in [0.3, 0.4) is 0 Å². The predicted molar refractivity (Wildman–Crippen MR) is 143 cm³/mol. The van der Waals surface area contributed by atoms with E-state index in [9.17, 15) is 9.90 Å². The molecule has 3 heterocycles. The van der Waals surface area contributed by atoms with Gasteiger partial charge in [0.15, 0.2) is 0 Å². The van der Waals surface area contributed by atoms with Gasteiger partial charge in [-0.3, -0.25) is 9.88 Å². The lowest BCUT2D eigenvalue weighted by Crippen LogP contribution is -2.36. The van der Waals surface area contributed by atoms with Crippen molar-refractivity contribution in [3.05, 3.63) is 83.2 Å². The number of nitrogens with zero attached hydrogens (tertiary/aromatic N) is 3. The molecule has 2 aliphatic heterocycles. The number of fused-ring (bicyclic) bond motifs is 1. The summed E-state index contributed by atoms with van der Waals surface area (Å²) in [5, 5.41) is 12.8. The number of carboxylic acid groups (broad SMARTS) is 1. The third-order valence-electron chi connectivity index (χ3n) is 7.65. The topological polar surface area (TPSA) is 77.9 Å². The van der Waals surface area contributed by atoms with Crippen molar-refractivity contribution in [2.24, 2.45) is 0 Å². The number of hydrogen-bond donors (Lipinski definition) is 2. The fraction of sp³-hybridized carbons (Fsp3) is 0.379. The zero-order valence-electron chi connectivity index (χ0n) is 21.0. The highest BCUT2D eigenvalue weighted by Crippen LogP contribution is 2.35. The summed E-state index contributed by atoms with van der Waals surface area (Å²) in [6.45, 7) is 3.27. The molecule has 0 radical (unpaired) electrons. The SMILES string of the molecule is CN(c1ccc(C2CCOCC2)cc1)c1ccc2c(c1)CCN(C)[C@H]2CNc1cnccc1C(=O)O. The average molecular weight is 487 g/mol. The van der Waals surface area contributed by atoms with E-state index in [1.54, 1.807) is 6.20 Å². The molecule has 1 fully saturated rings. The minimum atomic E-state index is -0.953. The summed E-state index contributed by atoms with van der Waals surface area (Å²) in [5.41, 5.74) is 7.16. The number of nitrogens with one attached hydrogen (secondary N) is 1. The molecule has 5 rings (SSSR count). The summed E-state index contributed by atoms with van der Waals surface area (Å²) in [6, 6.07) is 17.4. The van der Waals surface area contributed by atoms with Crippen molar-refractivity contribution in [3.63, 3.8) is 0 Å². The number of carboxylic acids is 1. The number of aromatic carboxylic acids is 1. The quantitative estimate of drug-likeness (QED) is 0.482. The maximum absolute atomic E-state index is 11.6. The third-order valence-corrected chi connectivity index (χ3v) is 7.65. The Morgan fingerprint density at radius 1 is 1.14 bits per heavy atom. The Morgan fingerprint density at radius 2 is 1.89 bits per heavy atom. The molecule has 188 valence electrons. The highest BCUT2D eigenvalue weighted by atomic mass is 16.5. The first kappa shape index (κ1) is 24.3. The van der Waals surface area contributed by atoms with Crippen LogP contribution in [0, 0.1) is 0 Å². The lowest BCUT2D eigenvalue weighted by atomic mass is 9.91. The molecule has 1 atom stereocenters. The van der Waals surface area contributed by atoms with Crippen molar-refractivity contribution in [1.82, 2.24) is 9.88 Å². The molecular weight excluding hydrogens is 452 g/mol. The monoisotopic (exact) mass is 486 g/mol. The first-order valence-electron chi connectivity index (χ1n) is 12.7. The van der Waals surface area contributed by atoms with E-state index in [4.69, 9.17) is 4.74 Å². The van der Waals surface area contributed by atoms with Crippen molar-refractivity contribution in [1.29, 1.82) is 0 Å². The van der Waals surface area contributed by atoms with Crippen molar-refractivity contribution in [2.45, 2.75) is 31.2 Å². The lowest BCUT2D eigenvalue weighted by Gasteiger charge is -2.36. The molecule has 0 bridgehead atoms. The molecule has 3 aromatic rings. The van der Waals surface area contributed by atoms with E-state index < -0.39 is 5.97 Å². The summed E-state index contributed by atoms with van der Waals surface area (Å²) in [7, 11) is 4.24. The number of ether oxygens (including phenoxy) is 1. The summed E-state index contributed by atoms with van der Waals surface area (Å²) >= 11 is 0.